The highest BCUT2D eigenvalue weighted by atomic mass is 32.2. The van der Waals surface area contributed by atoms with Crippen molar-refractivity contribution in [2.24, 2.45) is 0 Å². The number of benzene rings is 2. The molecule has 0 amide bonds. The van der Waals surface area contributed by atoms with Gasteiger partial charge in [-0.25, -0.2) is 0 Å². The number of hydrogen-bond acceptors (Lipinski definition) is 2. The summed E-state index contributed by atoms with van der Waals surface area (Å²) >= 11 is 1.69. The van der Waals surface area contributed by atoms with Crippen LogP contribution in [0.1, 0.15) is 38.2 Å². The molecule has 0 aromatic heterocycles. The van der Waals surface area contributed by atoms with Gasteiger partial charge >= 0.3 is 0 Å². The van der Waals surface area contributed by atoms with E-state index in [1.165, 1.54) is 16.7 Å². The van der Waals surface area contributed by atoms with Gasteiger partial charge in [-0.05, 0) is 44.4 Å². The van der Waals surface area contributed by atoms with E-state index in [4.69, 9.17) is 0 Å². The first-order valence-electron chi connectivity index (χ1n) is 7.21. The molecular formula is C19H22OS. The van der Waals surface area contributed by atoms with Crippen LogP contribution in [0.25, 0.3) is 0 Å². The number of ketones is 1. The Morgan fingerprint density at radius 2 is 1.62 bits per heavy atom. The summed E-state index contributed by atoms with van der Waals surface area (Å²) in [6.07, 6.45) is 0. The van der Waals surface area contributed by atoms with E-state index in [1.54, 1.807) is 11.8 Å². The van der Waals surface area contributed by atoms with Crippen molar-refractivity contribution in [1.29, 1.82) is 0 Å². The molecule has 0 saturated heterocycles. The lowest BCUT2D eigenvalue weighted by Gasteiger charge is -2.10. The molecule has 0 bridgehead atoms. The van der Waals surface area contributed by atoms with Gasteiger partial charge in [-0.3, -0.25) is 4.79 Å². The van der Waals surface area contributed by atoms with Crippen LogP contribution in [0.2, 0.25) is 0 Å². The molecule has 0 unspecified atom stereocenters. The fraction of sp³-hybridized carbons (Fsp3) is 0.316. The van der Waals surface area contributed by atoms with Gasteiger partial charge in [-0.2, -0.15) is 0 Å². The number of aryl methyl sites for hydroxylation is 4. The molecule has 0 saturated carbocycles. The van der Waals surface area contributed by atoms with Crippen LogP contribution in [0, 0.1) is 27.7 Å². The zero-order chi connectivity index (χ0) is 15.4. The standard InChI is InChI=1S/C19H22OS/c1-13-6-5-7-17(10-13)11-21-12-18(20)19-15(3)8-14(2)9-16(19)4/h5-10H,11-12H2,1-4H3. The third kappa shape index (κ3) is 4.21. The van der Waals surface area contributed by atoms with E-state index in [1.807, 2.05) is 13.8 Å². The molecule has 1 nitrogen and oxygen atoms in total. The lowest BCUT2D eigenvalue weighted by molar-refractivity contribution is 0.102. The second-order valence-electron chi connectivity index (χ2n) is 5.68. The molecular weight excluding hydrogens is 276 g/mol. The summed E-state index contributed by atoms with van der Waals surface area (Å²) < 4.78 is 0. The largest absolute Gasteiger partial charge is 0.293 e. The Bertz CT molecular complexity index is 635. The average molecular weight is 298 g/mol. The fourth-order valence-electron chi connectivity index (χ4n) is 2.76. The van der Waals surface area contributed by atoms with Crippen molar-refractivity contribution in [2.45, 2.75) is 33.4 Å². The van der Waals surface area contributed by atoms with E-state index in [2.05, 4.69) is 50.2 Å². The highest BCUT2D eigenvalue weighted by molar-refractivity contribution is 7.99. The first-order chi connectivity index (χ1) is 9.97. The zero-order valence-corrected chi connectivity index (χ0v) is 14.0. The molecule has 0 heterocycles. The maximum absolute atomic E-state index is 12.4. The summed E-state index contributed by atoms with van der Waals surface area (Å²) in [5.41, 5.74) is 6.85. The maximum atomic E-state index is 12.4. The van der Waals surface area contributed by atoms with E-state index in [0.717, 1.165) is 22.4 Å². The van der Waals surface area contributed by atoms with Gasteiger partial charge in [0, 0.05) is 11.3 Å². The molecule has 0 N–H and O–H groups in total. The van der Waals surface area contributed by atoms with Crippen LogP contribution in [0.4, 0.5) is 0 Å². The van der Waals surface area contributed by atoms with E-state index in [-0.39, 0.29) is 5.78 Å². The minimum absolute atomic E-state index is 0.239. The second-order valence-corrected chi connectivity index (χ2v) is 6.66. The smallest absolute Gasteiger partial charge is 0.173 e. The van der Waals surface area contributed by atoms with Crippen LogP contribution in [0.15, 0.2) is 36.4 Å². The summed E-state index contributed by atoms with van der Waals surface area (Å²) in [7, 11) is 0. The van der Waals surface area contributed by atoms with E-state index >= 15 is 0 Å². The number of hydrogen-bond donors (Lipinski definition) is 0. The van der Waals surface area contributed by atoms with Gasteiger partial charge in [0.15, 0.2) is 5.78 Å². The zero-order valence-electron chi connectivity index (χ0n) is 13.2. The molecule has 21 heavy (non-hydrogen) atoms. The summed E-state index contributed by atoms with van der Waals surface area (Å²) in [6.45, 7) is 8.22. The van der Waals surface area contributed by atoms with Gasteiger partial charge in [0.2, 0.25) is 0 Å². The molecule has 110 valence electrons. The summed E-state index contributed by atoms with van der Waals surface area (Å²) in [6, 6.07) is 12.6. The Hall–Kier alpha value is -1.54. The molecule has 2 rings (SSSR count). The second kappa shape index (κ2) is 6.95. The molecule has 0 aliphatic rings. The van der Waals surface area contributed by atoms with Crippen LogP contribution < -0.4 is 0 Å². The number of rotatable bonds is 5. The highest BCUT2D eigenvalue weighted by Gasteiger charge is 2.12. The lowest BCUT2D eigenvalue weighted by atomic mass is 9.97. The van der Waals surface area contributed by atoms with Crippen LogP contribution >= 0.6 is 11.8 Å². The van der Waals surface area contributed by atoms with Crippen LogP contribution in [-0.4, -0.2) is 11.5 Å². The van der Waals surface area contributed by atoms with Gasteiger partial charge in [-0.15, -0.1) is 11.8 Å². The number of thioether (sulfide) groups is 1. The molecule has 0 fully saturated rings. The molecule has 0 aliphatic heterocycles. The van der Waals surface area contributed by atoms with Crippen molar-refractivity contribution in [3.8, 4) is 0 Å². The minimum Gasteiger partial charge on any atom is -0.293 e. The summed E-state index contributed by atoms with van der Waals surface area (Å²) in [5, 5.41) is 0. The topological polar surface area (TPSA) is 17.1 Å². The Morgan fingerprint density at radius 1 is 0.952 bits per heavy atom. The minimum atomic E-state index is 0.239. The first-order valence-corrected chi connectivity index (χ1v) is 8.37. The van der Waals surface area contributed by atoms with Gasteiger partial charge < -0.3 is 0 Å². The van der Waals surface area contributed by atoms with Gasteiger partial charge in [-0.1, -0.05) is 47.5 Å². The van der Waals surface area contributed by atoms with Gasteiger partial charge in [0.25, 0.3) is 0 Å². The Balaban J connectivity index is 1.99. The third-order valence-corrected chi connectivity index (χ3v) is 4.54. The van der Waals surface area contributed by atoms with Crippen LogP contribution in [0.3, 0.4) is 0 Å². The normalized spacial score (nSPS) is 10.7. The van der Waals surface area contributed by atoms with Crippen LogP contribution in [-0.2, 0) is 5.75 Å². The van der Waals surface area contributed by atoms with Gasteiger partial charge in [0.05, 0.1) is 5.75 Å². The number of carbonyl (C=O) groups is 1. The van der Waals surface area contributed by atoms with Crippen LogP contribution in [0.5, 0.6) is 0 Å². The van der Waals surface area contributed by atoms with Gasteiger partial charge in [0.1, 0.15) is 0 Å². The summed E-state index contributed by atoms with van der Waals surface area (Å²) in [4.78, 5) is 12.4. The predicted octanol–water partition coefficient (Wildman–Crippen LogP) is 5.04. The first kappa shape index (κ1) is 15.8. The SMILES string of the molecule is Cc1cccc(CSCC(=O)c2c(C)cc(C)cc2C)c1. The maximum Gasteiger partial charge on any atom is 0.173 e. The molecule has 0 spiro atoms. The third-order valence-electron chi connectivity index (χ3n) is 3.54. The molecule has 2 aromatic rings. The van der Waals surface area contributed by atoms with Crippen molar-refractivity contribution in [3.05, 3.63) is 69.8 Å². The Kier molecular flexibility index (Phi) is 5.24. The predicted molar refractivity (Wildman–Crippen MR) is 92.3 cm³/mol. The van der Waals surface area contributed by atoms with E-state index in [0.29, 0.717) is 5.75 Å². The quantitative estimate of drug-likeness (QED) is 0.720. The Morgan fingerprint density at radius 3 is 2.24 bits per heavy atom. The Labute approximate surface area is 131 Å². The molecule has 0 aliphatic carbocycles. The molecule has 2 heteroatoms. The highest BCUT2D eigenvalue weighted by Crippen LogP contribution is 2.20. The number of carbonyl (C=O) groups excluding carboxylic acids is 1. The molecule has 0 atom stereocenters. The van der Waals surface area contributed by atoms with Crippen molar-refractivity contribution in [1.82, 2.24) is 0 Å². The average Bonchev–Trinajstić information content (AvgIpc) is 2.37. The number of Topliss-reactive ketones (excluding diaryl/α,β-unsaturated/α-hetero) is 1. The monoisotopic (exact) mass is 298 g/mol. The molecule has 0 radical (unpaired) electrons. The van der Waals surface area contributed by atoms with Crippen molar-refractivity contribution in [2.75, 3.05) is 5.75 Å². The van der Waals surface area contributed by atoms with Crippen molar-refractivity contribution < 1.29 is 4.79 Å². The van der Waals surface area contributed by atoms with E-state index in [9.17, 15) is 4.79 Å². The van der Waals surface area contributed by atoms with Crippen molar-refractivity contribution >= 4 is 17.5 Å². The molecule has 2 aromatic carbocycles. The summed E-state index contributed by atoms with van der Waals surface area (Å²) in [5.74, 6) is 1.67. The van der Waals surface area contributed by atoms with Crippen molar-refractivity contribution in [3.63, 3.8) is 0 Å². The fourth-order valence-corrected chi connectivity index (χ4v) is 3.60. The van der Waals surface area contributed by atoms with E-state index < -0.39 is 0 Å². The lowest BCUT2D eigenvalue weighted by Crippen LogP contribution is -2.08.